The van der Waals surface area contributed by atoms with Crippen molar-refractivity contribution in [3.8, 4) is 6.07 Å². The molecule has 1 amide bonds. The third-order valence-electron chi connectivity index (χ3n) is 3.23. The van der Waals surface area contributed by atoms with Gasteiger partial charge in [-0.15, -0.1) is 0 Å². The molecule has 0 radical (unpaired) electrons. The Hall–Kier alpha value is -1.33. The molecule has 5 nitrogen and oxygen atoms in total. The van der Waals surface area contributed by atoms with Crippen LogP contribution < -0.4 is 5.73 Å². The van der Waals surface area contributed by atoms with E-state index in [1.54, 1.807) is 0 Å². The second-order valence-electron chi connectivity index (χ2n) is 4.74. The molecule has 19 heavy (non-hydrogen) atoms. The SMILES string of the molecule is CC(N)(C(=O)N1CCN(CCC#N)CC1)C(F)(F)F. The second-order valence-corrected chi connectivity index (χ2v) is 4.74. The predicted molar refractivity (Wildman–Crippen MR) is 61.9 cm³/mol. The molecule has 1 rings (SSSR count). The minimum Gasteiger partial charge on any atom is -0.338 e. The van der Waals surface area contributed by atoms with E-state index in [9.17, 15) is 18.0 Å². The maximum absolute atomic E-state index is 12.7. The molecule has 108 valence electrons. The zero-order valence-corrected chi connectivity index (χ0v) is 10.7. The number of carbonyl (C=O) groups excluding carboxylic acids is 1. The van der Waals surface area contributed by atoms with Crippen molar-refractivity contribution in [3.05, 3.63) is 0 Å². The summed E-state index contributed by atoms with van der Waals surface area (Å²) in [5, 5.41) is 8.45. The van der Waals surface area contributed by atoms with E-state index in [1.807, 2.05) is 11.0 Å². The van der Waals surface area contributed by atoms with E-state index in [0.717, 1.165) is 4.90 Å². The first-order valence-corrected chi connectivity index (χ1v) is 5.94. The Bertz CT molecular complexity index is 367. The number of carbonyl (C=O) groups is 1. The third-order valence-corrected chi connectivity index (χ3v) is 3.23. The summed E-state index contributed by atoms with van der Waals surface area (Å²) in [7, 11) is 0. The van der Waals surface area contributed by atoms with Gasteiger partial charge >= 0.3 is 6.18 Å². The van der Waals surface area contributed by atoms with Crippen molar-refractivity contribution in [2.75, 3.05) is 32.7 Å². The zero-order valence-electron chi connectivity index (χ0n) is 10.7. The van der Waals surface area contributed by atoms with Crippen molar-refractivity contribution in [3.63, 3.8) is 0 Å². The van der Waals surface area contributed by atoms with Gasteiger partial charge in [-0.3, -0.25) is 9.69 Å². The summed E-state index contributed by atoms with van der Waals surface area (Å²) in [5.74, 6) is -1.10. The average molecular weight is 278 g/mol. The fraction of sp³-hybridized carbons (Fsp3) is 0.818. The van der Waals surface area contributed by atoms with Gasteiger partial charge in [0.2, 0.25) is 0 Å². The van der Waals surface area contributed by atoms with Crippen LogP contribution in [0.3, 0.4) is 0 Å². The molecule has 0 saturated carbocycles. The zero-order chi connectivity index (χ0) is 14.7. The highest BCUT2D eigenvalue weighted by molar-refractivity contribution is 5.86. The Morgan fingerprint density at radius 3 is 2.26 bits per heavy atom. The van der Waals surface area contributed by atoms with E-state index in [-0.39, 0.29) is 13.1 Å². The van der Waals surface area contributed by atoms with E-state index < -0.39 is 17.6 Å². The van der Waals surface area contributed by atoms with Crippen LogP contribution in [0, 0.1) is 11.3 Å². The molecule has 1 aliphatic heterocycles. The number of nitrogens with two attached hydrogens (primary N) is 1. The molecule has 0 aliphatic carbocycles. The quantitative estimate of drug-likeness (QED) is 0.807. The van der Waals surface area contributed by atoms with Crippen LogP contribution in [-0.2, 0) is 4.79 Å². The van der Waals surface area contributed by atoms with Gasteiger partial charge in [0.05, 0.1) is 6.07 Å². The minimum atomic E-state index is -4.76. The Morgan fingerprint density at radius 1 is 1.32 bits per heavy atom. The molecule has 1 unspecified atom stereocenters. The first-order valence-electron chi connectivity index (χ1n) is 5.94. The van der Waals surface area contributed by atoms with E-state index in [4.69, 9.17) is 11.0 Å². The highest BCUT2D eigenvalue weighted by Crippen LogP contribution is 2.29. The molecule has 0 aromatic carbocycles. The van der Waals surface area contributed by atoms with Gasteiger partial charge in [-0.25, -0.2) is 0 Å². The van der Waals surface area contributed by atoms with Crippen LogP contribution in [0.15, 0.2) is 0 Å². The summed E-state index contributed by atoms with van der Waals surface area (Å²) >= 11 is 0. The number of amides is 1. The summed E-state index contributed by atoms with van der Waals surface area (Å²) in [6, 6.07) is 2.00. The monoisotopic (exact) mass is 278 g/mol. The molecule has 0 aromatic heterocycles. The number of piperazine rings is 1. The maximum atomic E-state index is 12.7. The molecule has 1 aliphatic rings. The molecule has 1 heterocycles. The van der Waals surface area contributed by atoms with Crippen molar-refractivity contribution in [1.29, 1.82) is 5.26 Å². The van der Waals surface area contributed by atoms with Crippen molar-refractivity contribution in [1.82, 2.24) is 9.80 Å². The van der Waals surface area contributed by atoms with Gasteiger partial charge in [0, 0.05) is 39.1 Å². The number of nitrogens with zero attached hydrogens (tertiary/aromatic N) is 3. The van der Waals surface area contributed by atoms with Crippen molar-refractivity contribution in [2.24, 2.45) is 5.73 Å². The lowest BCUT2D eigenvalue weighted by Gasteiger charge is -2.38. The summed E-state index contributed by atoms with van der Waals surface area (Å²) in [6.07, 6.45) is -4.40. The maximum Gasteiger partial charge on any atom is 0.415 e. The van der Waals surface area contributed by atoms with Gasteiger partial charge in [0.25, 0.3) is 5.91 Å². The van der Waals surface area contributed by atoms with Gasteiger partial charge in [0.1, 0.15) is 0 Å². The fourth-order valence-electron chi connectivity index (χ4n) is 1.83. The molecule has 2 N–H and O–H groups in total. The lowest BCUT2D eigenvalue weighted by molar-refractivity contribution is -0.194. The Kier molecular flexibility index (Phi) is 4.76. The van der Waals surface area contributed by atoms with Gasteiger partial charge < -0.3 is 10.6 Å². The molecule has 0 bridgehead atoms. The van der Waals surface area contributed by atoms with E-state index in [0.29, 0.717) is 33.0 Å². The molecular formula is C11H17F3N4O. The van der Waals surface area contributed by atoms with Crippen molar-refractivity contribution >= 4 is 5.91 Å². The molecular weight excluding hydrogens is 261 g/mol. The van der Waals surface area contributed by atoms with Crippen LogP contribution in [-0.4, -0.2) is 60.1 Å². The fourth-order valence-corrected chi connectivity index (χ4v) is 1.83. The van der Waals surface area contributed by atoms with Crippen LogP contribution in [0.25, 0.3) is 0 Å². The smallest absolute Gasteiger partial charge is 0.338 e. The summed E-state index contributed by atoms with van der Waals surface area (Å²) in [6.45, 7) is 2.58. The lowest BCUT2D eigenvalue weighted by Crippen LogP contribution is -2.64. The first kappa shape index (κ1) is 15.7. The standard InChI is InChI=1S/C11H17F3N4O/c1-10(16,11(12,13)14)9(19)18-7-5-17(6-8-18)4-2-3-15/h2,4-8,16H2,1H3. The Balaban J connectivity index is 2.57. The first-order chi connectivity index (χ1) is 8.70. The Morgan fingerprint density at radius 2 is 1.84 bits per heavy atom. The summed E-state index contributed by atoms with van der Waals surface area (Å²) < 4.78 is 38.0. The topological polar surface area (TPSA) is 73.4 Å². The highest BCUT2D eigenvalue weighted by Gasteiger charge is 2.55. The highest BCUT2D eigenvalue weighted by atomic mass is 19.4. The third kappa shape index (κ3) is 3.58. The lowest BCUT2D eigenvalue weighted by atomic mass is 10.0. The largest absolute Gasteiger partial charge is 0.415 e. The molecule has 1 atom stereocenters. The molecule has 1 saturated heterocycles. The predicted octanol–water partition coefficient (Wildman–Crippen LogP) is 0.324. The van der Waals surface area contributed by atoms with Gasteiger partial charge in [-0.05, 0) is 6.92 Å². The Labute approximate surface area is 109 Å². The van der Waals surface area contributed by atoms with Crippen molar-refractivity contribution < 1.29 is 18.0 Å². The summed E-state index contributed by atoms with van der Waals surface area (Å²) in [5.41, 5.74) is 2.26. The molecule has 0 spiro atoms. The normalized spacial score (nSPS) is 20.7. The van der Waals surface area contributed by atoms with E-state index in [1.165, 1.54) is 0 Å². The number of halogens is 3. The molecule has 0 aromatic rings. The summed E-state index contributed by atoms with van der Waals surface area (Å²) in [4.78, 5) is 14.9. The minimum absolute atomic E-state index is 0.202. The average Bonchev–Trinajstić information content (AvgIpc) is 2.34. The van der Waals surface area contributed by atoms with Crippen LogP contribution in [0.2, 0.25) is 0 Å². The van der Waals surface area contributed by atoms with E-state index >= 15 is 0 Å². The van der Waals surface area contributed by atoms with Crippen molar-refractivity contribution in [2.45, 2.75) is 25.1 Å². The number of hydrogen-bond donors (Lipinski definition) is 1. The van der Waals surface area contributed by atoms with Crippen LogP contribution in [0.5, 0.6) is 0 Å². The van der Waals surface area contributed by atoms with Gasteiger partial charge in [0.15, 0.2) is 5.54 Å². The van der Waals surface area contributed by atoms with Gasteiger partial charge in [-0.2, -0.15) is 18.4 Å². The second kappa shape index (κ2) is 5.75. The van der Waals surface area contributed by atoms with E-state index in [2.05, 4.69) is 0 Å². The molecule has 8 heteroatoms. The van der Waals surface area contributed by atoms with Gasteiger partial charge in [-0.1, -0.05) is 0 Å². The number of hydrogen-bond acceptors (Lipinski definition) is 4. The number of nitriles is 1. The van der Waals surface area contributed by atoms with Crippen LogP contribution in [0.4, 0.5) is 13.2 Å². The van der Waals surface area contributed by atoms with Crippen LogP contribution >= 0.6 is 0 Å². The molecule has 1 fully saturated rings. The number of rotatable bonds is 3. The van der Waals surface area contributed by atoms with Crippen LogP contribution in [0.1, 0.15) is 13.3 Å². The number of alkyl halides is 3.